The molecule has 24 heavy (non-hydrogen) atoms. The van der Waals surface area contributed by atoms with E-state index in [9.17, 15) is 14.0 Å². The number of aliphatic carboxylic acids is 1. The molecule has 7 nitrogen and oxygen atoms in total. The Labute approximate surface area is 138 Å². The molecule has 0 spiro atoms. The van der Waals surface area contributed by atoms with Crippen LogP contribution in [-0.4, -0.2) is 60.5 Å². The third-order valence-electron chi connectivity index (χ3n) is 4.45. The van der Waals surface area contributed by atoms with Crippen LogP contribution in [0.1, 0.15) is 5.56 Å². The van der Waals surface area contributed by atoms with Crippen LogP contribution in [0.15, 0.2) is 24.3 Å². The molecule has 3 N–H and O–H groups in total. The van der Waals surface area contributed by atoms with Gasteiger partial charge in [0.25, 0.3) is 0 Å². The van der Waals surface area contributed by atoms with Crippen molar-refractivity contribution in [3.63, 3.8) is 0 Å². The number of carbonyl (C=O) groups is 2. The van der Waals surface area contributed by atoms with Gasteiger partial charge in [0.2, 0.25) is 6.17 Å². The Bertz CT molecular complexity index is 618. The average Bonchev–Trinajstić information content (AvgIpc) is 2.90. The highest BCUT2D eigenvalue weighted by molar-refractivity contribution is 5.89. The smallest absolute Gasteiger partial charge is 0.414 e. The van der Waals surface area contributed by atoms with E-state index in [-0.39, 0.29) is 6.10 Å². The first-order valence-corrected chi connectivity index (χ1v) is 7.84. The molecule has 130 valence electrons. The van der Waals surface area contributed by atoms with Crippen molar-refractivity contribution in [1.82, 2.24) is 4.90 Å². The number of ether oxygens (including phenoxy) is 1. The molecule has 2 heterocycles. The highest BCUT2D eigenvalue weighted by atomic mass is 19.1. The molecule has 1 aromatic rings. The molecule has 0 saturated carbocycles. The standard InChI is InChI=1S/C16H20FN3O4/c17-14(15(21)22)11-6-19(7-11)8-13-9-20(16(23)24-13)12-3-1-10(5-18)2-4-12/h1-4,11,13-14H,5-9,18H2,(H,21,22). The number of nitrogens with zero attached hydrogens (tertiary/aromatic N) is 2. The number of likely N-dealkylation sites (tertiary alicyclic amines) is 1. The molecule has 0 bridgehead atoms. The van der Waals surface area contributed by atoms with E-state index in [0.717, 1.165) is 11.3 Å². The Kier molecular flexibility index (Phi) is 4.68. The number of nitrogens with two attached hydrogens (primary N) is 1. The van der Waals surface area contributed by atoms with Gasteiger partial charge in [-0.3, -0.25) is 9.80 Å². The second kappa shape index (κ2) is 6.74. The summed E-state index contributed by atoms with van der Waals surface area (Å²) in [6.45, 7) is 2.07. The summed E-state index contributed by atoms with van der Waals surface area (Å²) >= 11 is 0. The molecule has 2 atom stereocenters. The number of cyclic esters (lactones) is 1. The summed E-state index contributed by atoms with van der Waals surface area (Å²) in [5.41, 5.74) is 7.28. The molecule has 2 saturated heterocycles. The van der Waals surface area contributed by atoms with Crippen molar-refractivity contribution in [2.45, 2.75) is 18.8 Å². The number of benzene rings is 1. The minimum absolute atomic E-state index is 0.310. The van der Waals surface area contributed by atoms with Crippen LogP contribution in [0.4, 0.5) is 14.9 Å². The summed E-state index contributed by atoms with van der Waals surface area (Å²) in [5.74, 6) is -1.90. The summed E-state index contributed by atoms with van der Waals surface area (Å²) in [5, 5.41) is 8.64. The molecule has 0 aromatic heterocycles. The van der Waals surface area contributed by atoms with Crippen molar-refractivity contribution in [3.8, 4) is 0 Å². The van der Waals surface area contributed by atoms with Crippen molar-refractivity contribution >= 4 is 17.7 Å². The largest absolute Gasteiger partial charge is 0.479 e. The Morgan fingerprint density at radius 1 is 1.33 bits per heavy atom. The van der Waals surface area contributed by atoms with Gasteiger partial charge in [0.05, 0.1) is 6.54 Å². The number of halogens is 1. The van der Waals surface area contributed by atoms with Crippen molar-refractivity contribution in [2.75, 3.05) is 31.1 Å². The molecule has 1 amide bonds. The second-order valence-corrected chi connectivity index (χ2v) is 6.21. The molecular formula is C16H20FN3O4. The van der Waals surface area contributed by atoms with Crippen LogP contribution in [0.25, 0.3) is 0 Å². The minimum atomic E-state index is -1.83. The maximum absolute atomic E-state index is 13.3. The summed E-state index contributed by atoms with van der Waals surface area (Å²) in [6.07, 6.45) is -2.55. The highest BCUT2D eigenvalue weighted by Crippen LogP contribution is 2.26. The molecule has 3 rings (SSSR count). The lowest BCUT2D eigenvalue weighted by Gasteiger charge is -2.40. The zero-order valence-electron chi connectivity index (χ0n) is 13.1. The number of hydrogen-bond acceptors (Lipinski definition) is 5. The van der Waals surface area contributed by atoms with Gasteiger partial charge in [0.1, 0.15) is 6.10 Å². The van der Waals surface area contributed by atoms with Crippen molar-refractivity contribution in [2.24, 2.45) is 11.7 Å². The Balaban J connectivity index is 1.51. The first kappa shape index (κ1) is 16.7. The third-order valence-corrected chi connectivity index (χ3v) is 4.45. The average molecular weight is 337 g/mol. The first-order valence-electron chi connectivity index (χ1n) is 7.84. The van der Waals surface area contributed by atoms with Gasteiger partial charge < -0.3 is 15.6 Å². The maximum Gasteiger partial charge on any atom is 0.414 e. The lowest BCUT2D eigenvalue weighted by Crippen LogP contribution is -2.54. The number of carbonyl (C=O) groups excluding carboxylic acids is 1. The van der Waals surface area contributed by atoms with Gasteiger partial charge in [-0.05, 0) is 17.7 Å². The number of anilines is 1. The van der Waals surface area contributed by atoms with Crippen LogP contribution < -0.4 is 10.6 Å². The fourth-order valence-electron chi connectivity index (χ4n) is 3.07. The van der Waals surface area contributed by atoms with E-state index in [0.29, 0.717) is 32.7 Å². The second-order valence-electron chi connectivity index (χ2n) is 6.21. The minimum Gasteiger partial charge on any atom is -0.479 e. The molecule has 2 unspecified atom stereocenters. The predicted octanol–water partition coefficient (Wildman–Crippen LogP) is 0.825. The monoisotopic (exact) mass is 337 g/mol. The van der Waals surface area contributed by atoms with E-state index in [4.69, 9.17) is 15.6 Å². The number of carboxylic acid groups (broad SMARTS) is 1. The molecule has 0 radical (unpaired) electrons. The van der Waals surface area contributed by atoms with E-state index >= 15 is 0 Å². The van der Waals surface area contributed by atoms with Crippen molar-refractivity contribution < 1.29 is 23.8 Å². The number of amides is 1. The molecule has 2 aliphatic rings. The normalized spacial score (nSPS) is 23.0. The van der Waals surface area contributed by atoms with Crippen LogP contribution in [0.3, 0.4) is 0 Å². The summed E-state index contributed by atoms with van der Waals surface area (Å²) in [7, 11) is 0. The van der Waals surface area contributed by atoms with E-state index in [1.165, 1.54) is 0 Å². The van der Waals surface area contributed by atoms with Gasteiger partial charge >= 0.3 is 12.1 Å². The zero-order valence-corrected chi connectivity index (χ0v) is 13.1. The van der Waals surface area contributed by atoms with Gasteiger partial charge in [0, 0.05) is 37.8 Å². The molecule has 0 aliphatic carbocycles. The van der Waals surface area contributed by atoms with Crippen LogP contribution in [0.2, 0.25) is 0 Å². The fraction of sp³-hybridized carbons (Fsp3) is 0.500. The van der Waals surface area contributed by atoms with Gasteiger partial charge in [-0.15, -0.1) is 0 Å². The van der Waals surface area contributed by atoms with Crippen molar-refractivity contribution in [1.29, 1.82) is 0 Å². The van der Waals surface area contributed by atoms with E-state index in [2.05, 4.69) is 0 Å². The summed E-state index contributed by atoms with van der Waals surface area (Å²) in [6, 6.07) is 7.38. The topological polar surface area (TPSA) is 96.1 Å². The van der Waals surface area contributed by atoms with Crippen molar-refractivity contribution in [3.05, 3.63) is 29.8 Å². The Morgan fingerprint density at radius 3 is 2.58 bits per heavy atom. The number of carboxylic acids is 1. The molecule has 2 aliphatic heterocycles. The third kappa shape index (κ3) is 3.34. The lowest BCUT2D eigenvalue weighted by atomic mass is 9.94. The fourth-order valence-corrected chi connectivity index (χ4v) is 3.07. The number of rotatable bonds is 6. The molecule has 8 heteroatoms. The van der Waals surface area contributed by atoms with E-state index in [1.807, 2.05) is 29.2 Å². The van der Waals surface area contributed by atoms with Gasteiger partial charge in [0.15, 0.2) is 0 Å². The SMILES string of the molecule is NCc1ccc(N2CC(CN3CC(C(F)C(=O)O)C3)OC2=O)cc1. The van der Waals surface area contributed by atoms with Gasteiger partial charge in [-0.25, -0.2) is 14.0 Å². The predicted molar refractivity (Wildman–Crippen MR) is 84.4 cm³/mol. The quantitative estimate of drug-likeness (QED) is 0.798. The van der Waals surface area contributed by atoms with Crippen LogP contribution in [0, 0.1) is 5.92 Å². The van der Waals surface area contributed by atoms with Crippen LogP contribution >= 0.6 is 0 Å². The van der Waals surface area contributed by atoms with Crippen LogP contribution in [0.5, 0.6) is 0 Å². The molecule has 1 aromatic carbocycles. The van der Waals surface area contributed by atoms with Gasteiger partial charge in [-0.2, -0.15) is 0 Å². The zero-order chi connectivity index (χ0) is 17.3. The Hall–Kier alpha value is -2.19. The van der Waals surface area contributed by atoms with E-state index in [1.54, 1.807) is 4.90 Å². The highest BCUT2D eigenvalue weighted by Gasteiger charge is 2.41. The summed E-state index contributed by atoms with van der Waals surface area (Å²) < 4.78 is 18.7. The first-order chi connectivity index (χ1) is 11.5. The number of alkyl halides is 1. The molecule has 2 fully saturated rings. The maximum atomic E-state index is 13.3. The Morgan fingerprint density at radius 2 is 2.00 bits per heavy atom. The lowest BCUT2D eigenvalue weighted by molar-refractivity contribution is -0.148. The van der Waals surface area contributed by atoms with Crippen LogP contribution in [-0.2, 0) is 16.1 Å². The van der Waals surface area contributed by atoms with E-state index < -0.39 is 24.2 Å². The van der Waals surface area contributed by atoms with Gasteiger partial charge in [-0.1, -0.05) is 12.1 Å². The number of hydrogen-bond donors (Lipinski definition) is 2. The molecular weight excluding hydrogens is 317 g/mol. The summed E-state index contributed by atoms with van der Waals surface area (Å²) in [4.78, 5) is 26.1.